The van der Waals surface area contributed by atoms with Crippen LogP contribution in [-0.2, 0) is 6.54 Å². The van der Waals surface area contributed by atoms with Crippen LogP contribution in [0.3, 0.4) is 0 Å². The molecule has 0 fully saturated rings. The molecule has 1 atom stereocenters. The van der Waals surface area contributed by atoms with Crippen LogP contribution in [0.15, 0.2) is 34.1 Å². The van der Waals surface area contributed by atoms with Gasteiger partial charge in [-0.1, -0.05) is 6.07 Å². The molecule has 0 aliphatic carbocycles. The molecule has 2 aromatic rings. The molecule has 0 saturated carbocycles. The van der Waals surface area contributed by atoms with Gasteiger partial charge >= 0.3 is 0 Å². The van der Waals surface area contributed by atoms with Crippen molar-refractivity contribution in [3.8, 4) is 5.75 Å². The fraction of sp³-hybridized carbons (Fsp3) is 0.412. The fourth-order valence-electron chi connectivity index (χ4n) is 2.39. The molecule has 1 aromatic heterocycles. The van der Waals surface area contributed by atoms with Crippen LogP contribution in [0.5, 0.6) is 5.75 Å². The predicted octanol–water partition coefficient (Wildman–Crippen LogP) is 4.00. The summed E-state index contributed by atoms with van der Waals surface area (Å²) in [6.45, 7) is 5.81. The smallest absolute Gasteiger partial charge is 0.119 e. The van der Waals surface area contributed by atoms with E-state index >= 15 is 0 Å². The van der Waals surface area contributed by atoms with E-state index in [1.165, 1.54) is 16.0 Å². The van der Waals surface area contributed by atoms with Gasteiger partial charge in [0, 0.05) is 18.0 Å². The number of rotatable bonds is 7. The van der Waals surface area contributed by atoms with E-state index in [9.17, 15) is 5.11 Å². The highest BCUT2D eigenvalue weighted by Crippen LogP contribution is 2.23. The monoisotopic (exact) mass is 383 g/mol. The van der Waals surface area contributed by atoms with Gasteiger partial charge in [-0.2, -0.15) is 0 Å². The van der Waals surface area contributed by atoms with Gasteiger partial charge in [0.2, 0.25) is 0 Å². The highest BCUT2D eigenvalue weighted by molar-refractivity contribution is 9.11. The van der Waals surface area contributed by atoms with E-state index in [0.717, 1.165) is 16.1 Å². The van der Waals surface area contributed by atoms with E-state index in [2.05, 4.69) is 33.0 Å². The second-order valence-electron chi connectivity index (χ2n) is 5.69. The number of nitrogens with zero attached hydrogens (tertiary/aromatic N) is 1. The standard InChI is InChI=1S/C17H22BrNO2S/c1-12-6-13(2)8-15(7-12)21-11-14(20)9-19(3)10-16-4-5-17(18)22-16/h4-8,14,20H,9-11H2,1-3H3. The summed E-state index contributed by atoms with van der Waals surface area (Å²) in [6, 6.07) is 10.2. The number of benzene rings is 1. The summed E-state index contributed by atoms with van der Waals surface area (Å²) in [5.41, 5.74) is 2.34. The quantitative estimate of drug-likeness (QED) is 0.783. The molecule has 3 nitrogen and oxygen atoms in total. The minimum absolute atomic E-state index is 0.307. The van der Waals surface area contributed by atoms with Gasteiger partial charge in [0.05, 0.1) is 3.79 Å². The Balaban J connectivity index is 1.78. The van der Waals surface area contributed by atoms with E-state index in [4.69, 9.17) is 4.74 Å². The SMILES string of the molecule is Cc1cc(C)cc(OCC(O)CN(C)Cc2ccc(Br)s2)c1. The normalized spacial score (nSPS) is 12.6. The summed E-state index contributed by atoms with van der Waals surface area (Å²) in [6.07, 6.45) is -0.505. The summed E-state index contributed by atoms with van der Waals surface area (Å²) in [7, 11) is 2.01. The molecule has 1 unspecified atom stereocenters. The van der Waals surface area contributed by atoms with Crippen LogP contribution in [0.4, 0.5) is 0 Å². The minimum Gasteiger partial charge on any atom is -0.491 e. The minimum atomic E-state index is -0.505. The molecule has 5 heteroatoms. The topological polar surface area (TPSA) is 32.7 Å². The predicted molar refractivity (Wildman–Crippen MR) is 95.8 cm³/mol. The number of aryl methyl sites for hydroxylation is 2. The second kappa shape index (κ2) is 8.11. The molecule has 1 N–H and O–H groups in total. The maximum Gasteiger partial charge on any atom is 0.119 e. The number of halogens is 1. The summed E-state index contributed by atoms with van der Waals surface area (Å²) in [4.78, 5) is 3.38. The second-order valence-corrected chi connectivity index (χ2v) is 8.24. The summed E-state index contributed by atoms with van der Waals surface area (Å²) < 4.78 is 6.84. The zero-order valence-electron chi connectivity index (χ0n) is 13.2. The van der Waals surface area contributed by atoms with Crippen LogP contribution in [0.1, 0.15) is 16.0 Å². The molecule has 120 valence electrons. The van der Waals surface area contributed by atoms with Crippen molar-refractivity contribution in [1.82, 2.24) is 4.90 Å². The molecule has 0 amide bonds. The van der Waals surface area contributed by atoms with Gasteiger partial charge in [-0.15, -0.1) is 11.3 Å². The van der Waals surface area contributed by atoms with Crippen molar-refractivity contribution in [2.75, 3.05) is 20.2 Å². The Morgan fingerprint density at radius 3 is 2.50 bits per heavy atom. The first-order valence-corrected chi connectivity index (χ1v) is 8.85. The number of aliphatic hydroxyl groups is 1. The third-order valence-corrected chi connectivity index (χ3v) is 4.82. The van der Waals surface area contributed by atoms with E-state index in [-0.39, 0.29) is 0 Å². The van der Waals surface area contributed by atoms with Crippen LogP contribution in [0.25, 0.3) is 0 Å². The number of hydrogen-bond donors (Lipinski definition) is 1. The van der Waals surface area contributed by atoms with Gasteiger partial charge in [0.25, 0.3) is 0 Å². The Hall–Kier alpha value is -0.880. The largest absolute Gasteiger partial charge is 0.491 e. The molecule has 0 aliphatic heterocycles. The Labute approximate surface area is 144 Å². The molecule has 2 rings (SSSR count). The Bertz CT molecular complexity index is 594. The van der Waals surface area contributed by atoms with E-state index in [1.807, 2.05) is 39.1 Å². The zero-order valence-corrected chi connectivity index (χ0v) is 15.6. The average molecular weight is 384 g/mol. The maximum atomic E-state index is 10.1. The highest BCUT2D eigenvalue weighted by Gasteiger charge is 2.11. The lowest BCUT2D eigenvalue weighted by Crippen LogP contribution is -2.32. The molecule has 1 aromatic carbocycles. The van der Waals surface area contributed by atoms with Crippen molar-refractivity contribution in [2.24, 2.45) is 0 Å². The van der Waals surface area contributed by atoms with Gasteiger partial charge in [-0.05, 0) is 72.2 Å². The van der Waals surface area contributed by atoms with E-state index in [0.29, 0.717) is 13.2 Å². The number of ether oxygens (including phenoxy) is 1. The lowest BCUT2D eigenvalue weighted by Gasteiger charge is -2.20. The van der Waals surface area contributed by atoms with Crippen LogP contribution in [-0.4, -0.2) is 36.3 Å². The summed E-state index contributed by atoms with van der Waals surface area (Å²) in [5, 5.41) is 10.1. The molecule has 22 heavy (non-hydrogen) atoms. The van der Waals surface area contributed by atoms with E-state index in [1.54, 1.807) is 11.3 Å². The van der Waals surface area contributed by atoms with Crippen molar-refractivity contribution >= 4 is 27.3 Å². The first kappa shape index (κ1) is 17.5. The first-order valence-electron chi connectivity index (χ1n) is 7.24. The zero-order chi connectivity index (χ0) is 16.1. The van der Waals surface area contributed by atoms with E-state index < -0.39 is 6.10 Å². The number of hydrogen-bond acceptors (Lipinski definition) is 4. The maximum absolute atomic E-state index is 10.1. The van der Waals surface area contributed by atoms with Gasteiger partial charge < -0.3 is 9.84 Å². The summed E-state index contributed by atoms with van der Waals surface area (Å²) >= 11 is 5.18. The third kappa shape index (κ3) is 5.72. The van der Waals surface area contributed by atoms with Gasteiger partial charge in [-0.3, -0.25) is 4.90 Å². The van der Waals surface area contributed by atoms with Crippen LogP contribution in [0, 0.1) is 13.8 Å². The van der Waals surface area contributed by atoms with Crippen molar-refractivity contribution in [2.45, 2.75) is 26.5 Å². The third-order valence-electron chi connectivity index (χ3n) is 3.21. The molecule has 0 radical (unpaired) electrons. The number of likely N-dealkylation sites (N-methyl/N-ethyl adjacent to an activating group) is 1. The Kier molecular flexibility index (Phi) is 6.44. The fourth-order valence-corrected chi connectivity index (χ4v) is 3.95. The molecule has 0 spiro atoms. The van der Waals surface area contributed by atoms with Gasteiger partial charge in [0.1, 0.15) is 18.5 Å². The van der Waals surface area contributed by atoms with Crippen molar-refractivity contribution in [3.63, 3.8) is 0 Å². The number of aliphatic hydroxyl groups excluding tert-OH is 1. The molecule has 0 aliphatic rings. The van der Waals surface area contributed by atoms with Crippen LogP contribution in [0.2, 0.25) is 0 Å². The lowest BCUT2D eigenvalue weighted by atomic mass is 10.1. The number of thiophene rings is 1. The van der Waals surface area contributed by atoms with Crippen molar-refractivity contribution < 1.29 is 9.84 Å². The van der Waals surface area contributed by atoms with Gasteiger partial charge in [0.15, 0.2) is 0 Å². The van der Waals surface area contributed by atoms with Crippen molar-refractivity contribution in [3.05, 3.63) is 50.1 Å². The molecule has 1 heterocycles. The van der Waals surface area contributed by atoms with Crippen molar-refractivity contribution in [1.29, 1.82) is 0 Å². The molecule has 0 saturated heterocycles. The van der Waals surface area contributed by atoms with Gasteiger partial charge in [-0.25, -0.2) is 0 Å². The first-order chi connectivity index (χ1) is 10.4. The molecular formula is C17H22BrNO2S. The highest BCUT2D eigenvalue weighted by atomic mass is 79.9. The molecule has 0 bridgehead atoms. The molecular weight excluding hydrogens is 362 g/mol. The average Bonchev–Trinajstić information content (AvgIpc) is 2.80. The lowest BCUT2D eigenvalue weighted by molar-refractivity contribution is 0.0746. The van der Waals surface area contributed by atoms with Crippen LogP contribution >= 0.6 is 27.3 Å². The Morgan fingerprint density at radius 1 is 1.23 bits per heavy atom. The van der Waals surface area contributed by atoms with Crippen LogP contribution < -0.4 is 4.74 Å². The Morgan fingerprint density at radius 2 is 1.91 bits per heavy atom. The summed E-state index contributed by atoms with van der Waals surface area (Å²) in [5.74, 6) is 0.821.